The molecule has 0 amide bonds. The largest absolute Gasteiger partial charge is 0.378 e. The highest BCUT2D eigenvalue weighted by atomic mass is 16.5. The topological polar surface area (TPSA) is 9.23 Å². The van der Waals surface area contributed by atoms with E-state index in [1.54, 1.807) is 5.56 Å². The van der Waals surface area contributed by atoms with Crippen LogP contribution in [0, 0.1) is 11.8 Å². The number of rotatable bonds is 7. The highest BCUT2D eigenvalue weighted by molar-refractivity contribution is 5.26. The van der Waals surface area contributed by atoms with Crippen LogP contribution in [0.1, 0.15) is 81.8 Å². The lowest BCUT2D eigenvalue weighted by Gasteiger charge is -2.29. The van der Waals surface area contributed by atoms with Crippen molar-refractivity contribution < 1.29 is 4.74 Å². The van der Waals surface area contributed by atoms with Crippen LogP contribution in [-0.2, 0) is 11.2 Å². The molecule has 1 saturated carbocycles. The van der Waals surface area contributed by atoms with Gasteiger partial charge in [-0.15, -0.1) is 6.58 Å². The lowest BCUT2D eigenvalue weighted by Crippen LogP contribution is -2.26. The summed E-state index contributed by atoms with van der Waals surface area (Å²) in [6.07, 6.45) is 15.6. The fourth-order valence-corrected chi connectivity index (χ4v) is 4.65. The number of hydrogen-bond acceptors (Lipinski definition) is 1. The Morgan fingerprint density at radius 2 is 1.76 bits per heavy atom. The third-order valence-corrected chi connectivity index (χ3v) is 6.47. The molecule has 1 aliphatic carbocycles. The smallest absolute Gasteiger partial charge is 0.0575 e. The molecule has 2 aliphatic rings. The molecule has 1 heterocycles. The van der Waals surface area contributed by atoms with E-state index in [0.29, 0.717) is 6.10 Å². The zero-order valence-corrected chi connectivity index (χ0v) is 16.1. The Hall–Kier alpha value is -1.08. The first-order chi connectivity index (χ1) is 12.3. The molecule has 3 rings (SSSR count). The van der Waals surface area contributed by atoms with Gasteiger partial charge in [0.25, 0.3) is 0 Å². The van der Waals surface area contributed by atoms with Crippen LogP contribution in [0.15, 0.2) is 36.9 Å². The molecule has 2 fully saturated rings. The van der Waals surface area contributed by atoms with Gasteiger partial charge in [-0.25, -0.2) is 0 Å². The molecule has 0 aromatic heterocycles. The first-order valence-corrected chi connectivity index (χ1v) is 10.6. The monoisotopic (exact) mass is 340 g/mol. The Labute approximate surface area is 154 Å². The van der Waals surface area contributed by atoms with Gasteiger partial charge in [0.1, 0.15) is 0 Å². The fraction of sp³-hybridized carbons (Fsp3) is 0.667. The van der Waals surface area contributed by atoms with Gasteiger partial charge in [0, 0.05) is 6.61 Å². The average Bonchev–Trinajstić information content (AvgIpc) is 2.68. The van der Waals surface area contributed by atoms with Crippen molar-refractivity contribution in [2.45, 2.75) is 83.2 Å². The first kappa shape index (κ1) is 18.7. The Bertz CT molecular complexity index is 501. The average molecular weight is 341 g/mol. The molecule has 1 aliphatic heterocycles. The minimum atomic E-state index is 0.539. The van der Waals surface area contributed by atoms with Crippen molar-refractivity contribution in [1.29, 1.82) is 0 Å². The molecule has 0 bridgehead atoms. The second kappa shape index (κ2) is 9.57. The van der Waals surface area contributed by atoms with Gasteiger partial charge in [0.05, 0.1) is 6.10 Å². The summed E-state index contributed by atoms with van der Waals surface area (Å²) >= 11 is 0. The molecule has 2 unspecified atom stereocenters. The molecule has 1 heteroatoms. The van der Waals surface area contributed by atoms with Crippen LogP contribution in [0.4, 0.5) is 0 Å². The number of allylic oxidation sites excluding steroid dienone is 1. The van der Waals surface area contributed by atoms with Gasteiger partial charge in [-0.05, 0) is 86.7 Å². The molecule has 25 heavy (non-hydrogen) atoms. The van der Waals surface area contributed by atoms with Gasteiger partial charge in [-0.3, -0.25) is 0 Å². The molecule has 2 atom stereocenters. The van der Waals surface area contributed by atoms with E-state index < -0.39 is 0 Å². The first-order valence-electron chi connectivity index (χ1n) is 10.6. The fourth-order valence-electron chi connectivity index (χ4n) is 4.65. The molecule has 1 aromatic carbocycles. The summed E-state index contributed by atoms with van der Waals surface area (Å²) in [5.41, 5.74) is 3.05. The Kier molecular flexibility index (Phi) is 7.16. The van der Waals surface area contributed by atoms with E-state index >= 15 is 0 Å². The van der Waals surface area contributed by atoms with Gasteiger partial charge < -0.3 is 4.74 Å². The summed E-state index contributed by atoms with van der Waals surface area (Å²) in [4.78, 5) is 0. The molecule has 0 radical (unpaired) electrons. The normalized spacial score (nSPS) is 30.1. The summed E-state index contributed by atoms with van der Waals surface area (Å²) in [7, 11) is 0. The van der Waals surface area contributed by atoms with Gasteiger partial charge in [0.15, 0.2) is 0 Å². The van der Waals surface area contributed by atoms with Crippen LogP contribution in [0.2, 0.25) is 0 Å². The van der Waals surface area contributed by atoms with Crippen LogP contribution < -0.4 is 0 Å². The van der Waals surface area contributed by atoms with Gasteiger partial charge >= 0.3 is 0 Å². The molecular weight excluding hydrogens is 304 g/mol. The van der Waals surface area contributed by atoms with Crippen molar-refractivity contribution in [3.05, 3.63) is 48.0 Å². The van der Waals surface area contributed by atoms with Crippen molar-refractivity contribution in [1.82, 2.24) is 0 Å². The van der Waals surface area contributed by atoms with E-state index in [9.17, 15) is 0 Å². The van der Waals surface area contributed by atoms with Crippen molar-refractivity contribution in [3.63, 3.8) is 0 Å². The molecule has 0 spiro atoms. The highest BCUT2D eigenvalue weighted by Gasteiger charge is 2.22. The third-order valence-electron chi connectivity index (χ3n) is 6.47. The van der Waals surface area contributed by atoms with Crippen molar-refractivity contribution in [2.75, 3.05) is 6.61 Å². The maximum atomic E-state index is 6.03. The summed E-state index contributed by atoms with van der Waals surface area (Å²) in [5, 5.41) is 0. The van der Waals surface area contributed by atoms with E-state index in [-0.39, 0.29) is 0 Å². The Balaban J connectivity index is 1.42. The second-order valence-electron chi connectivity index (χ2n) is 8.32. The summed E-state index contributed by atoms with van der Waals surface area (Å²) in [6, 6.07) is 9.53. The SMILES string of the molecule is C=CC1CCC(c2ccc(CCC3CCC(CCC)OC3)cc2)CC1. The molecule has 1 saturated heterocycles. The van der Waals surface area contributed by atoms with Gasteiger partial charge in [-0.1, -0.05) is 43.7 Å². The number of benzene rings is 1. The quantitative estimate of drug-likeness (QED) is 0.503. The predicted molar refractivity (Wildman–Crippen MR) is 107 cm³/mol. The van der Waals surface area contributed by atoms with E-state index in [0.717, 1.165) is 24.4 Å². The highest BCUT2D eigenvalue weighted by Crippen LogP contribution is 2.36. The molecule has 1 nitrogen and oxygen atoms in total. The number of hydrogen-bond donors (Lipinski definition) is 0. The lowest BCUT2D eigenvalue weighted by molar-refractivity contribution is -0.0218. The summed E-state index contributed by atoms with van der Waals surface area (Å²) < 4.78 is 6.03. The Morgan fingerprint density at radius 3 is 2.36 bits per heavy atom. The zero-order valence-electron chi connectivity index (χ0n) is 16.1. The third kappa shape index (κ3) is 5.45. The summed E-state index contributed by atoms with van der Waals surface area (Å²) in [6.45, 7) is 7.19. The van der Waals surface area contributed by atoms with E-state index in [2.05, 4.69) is 43.8 Å². The predicted octanol–water partition coefficient (Wildman–Crippen LogP) is 6.67. The molecule has 0 N–H and O–H groups in total. The maximum Gasteiger partial charge on any atom is 0.0575 e. The van der Waals surface area contributed by atoms with Crippen LogP contribution in [0.25, 0.3) is 0 Å². The van der Waals surface area contributed by atoms with E-state index in [1.807, 2.05) is 0 Å². The number of aryl methyl sites for hydroxylation is 1. The molecule has 138 valence electrons. The van der Waals surface area contributed by atoms with E-state index in [4.69, 9.17) is 4.74 Å². The zero-order chi connectivity index (χ0) is 17.5. The minimum absolute atomic E-state index is 0.539. The molecule has 1 aromatic rings. The van der Waals surface area contributed by atoms with Crippen molar-refractivity contribution >= 4 is 0 Å². The summed E-state index contributed by atoms with van der Waals surface area (Å²) in [5.74, 6) is 2.29. The van der Waals surface area contributed by atoms with Gasteiger partial charge in [0.2, 0.25) is 0 Å². The Morgan fingerprint density at radius 1 is 1.00 bits per heavy atom. The number of ether oxygens (including phenoxy) is 1. The second-order valence-corrected chi connectivity index (χ2v) is 8.32. The van der Waals surface area contributed by atoms with Gasteiger partial charge in [-0.2, -0.15) is 0 Å². The van der Waals surface area contributed by atoms with Crippen LogP contribution in [-0.4, -0.2) is 12.7 Å². The maximum absolute atomic E-state index is 6.03. The van der Waals surface area contributed by atoms with Crippen molar-refractivity contribution in [2.24, 2.45) is 11.8 Å². The van der Waals surface area contributed by atoms with Crippen LogP contribution in [0.5, 0.6) is 0 Å². The minimum Gasteiger partial charge on any atom is -0.378 e. The van der Waals surface area contributed by atoms with E-state index in [1.165, 1.54) is 69.8 Å². The molecular formula is C24H36O. The van der Waals surface area contributed by atoms with Crippen molar-refractivity contribution in [3.8, 4) is 0 Å². The van der Waals surface area contributed by atoms with Crippen LogP contribution in [0.3, 0.4) is 0 Å². The standard InChI is InChI=1S/C24H36O/c1-3-5-24-17-12-21(18-25-24)7-6-20-10-15-23(16-11-20)22-13-8-19(4-2)9-14-22/h4,10-11,15-16,19,21-22,24H,2-3,5-9,12-14,17-18H2,1H3. The lowest BCUT2D eigenvalue weighted by atomic mass is 9.78. The van der Waals surface area contributed by atoms with Crippen LogP contribution >= 0.6 is 0 Å².